The minimum Gasteiger partial charge on any atom is -0.322 e. The highest BCUT2D eigenvalue weighted by Crippen LogP contribution is 2.35. The van der Waals surface area contributed by atoms with Gasteiger partial charge in [0.05, 0.1) is 16.3 Å². The van der Waals surface area contributed by atoms with Gasteiger partial charge in [-0.05, 0) is 37.3 Å². The van der Waals surface area contributed by atoms with Crippen molar-refractivity contribution in [3.8, 4) is 0 Å². The second-order valence-electron chi connectivity index (χ2n) is 5.89. The van der Waals surface area contributed by atoms with E-state index >= 15 is 0 Å². The summed E-state index contributed by atoms with van der Waals surface area (Å²) in [5.74, 6) is -3.74. The number of sulfone groups is 1. The summed E-state index contributed by atoms with van der Waals surface area (Å²) < 4.78 is 51.4. The van der Waals surface area contributed by atoms with Gasteiger partial charge in [-0.2, -0.15) is 0 Å². The van der Waals surface area contributed by atoms with Crippen LogP contribution in [0, 0.1) is 11.6 Å². The van der Waals surface area contributed by atoms with E-state index < -0.39 is 44.9 Å². The number of nitrogens with one attached hydrogen (secondary N) is 1. The maximum absolute atomic E-state index is 14.0. The minimum atomic E-state index is -3.55. The van der Waals surface area contributed by atoms with Gasteiger partial charge in [0, 0.05) is 6.26 Å². The Labute approximate surface area is 148 Å². The molecule has 6 nitrogen and oxygen atoms in total. The molecule has 2 aromatic rings. The number of nitrogens with zero attached hydrogens (tertiary/aromatic N) is 1. The van der Waals surface area contributed by atoms with Gasteiger partial charge in [0.25, 0.3) is 5.91 Å². The summed E-state index contributed by atoms with van der Waals surface area (Å²) in [5, 5.41) is 2.50. The molecule has 0 aromatic heterocycles. The molecule has 1 aliphatic heterocycles. The third-order valence-corrected chi connectivity index (χ3v) is 5.19. The number of anilines is 2. The summed E-state index contributed by atoms with van der Waals surface area (Å²) in [5.41, 5.74) is -0.564. The van der Waals surface area contributed by atoms with E-state index in [4.69, 9.17) is 0 Å². The monoisotopic (exact) mass is 380 g/mol. The Hall–Kier alpha value is -2.81. The molecule has 1 N–H and O–H groups in total. The topological polar surface area (TPSA) is 83.6 Å². The van der Waals surface area contributed by atoms with Gasteiger partial charge >= 0.3 is 0 Å². The first kappa shape index (κ1) is 18.0. The van der Waals surface area contributed by atoms with Gasteiger partial charge < -0.3 is 5.32 Å². The van der Waals surface area contributed by atoms with Crippen molar-refractivity contribution in [3.63, 3.8) is 0 Å². The molecule has 1 atom stereocenters. The third-order valence-electron chi connectivity index (χ3n) is 4.08. The number of amides is 2. The molecule has 0 saturated heterocycles. The minimum absolute atomic E-state index is 0.0597. The number of carbonyl (C=O) groups is 2. The van der Waals surface area contributed by atoms with Crippen LogP contribution < -0.4 is 10.2 Å². The van der Waals surface area contributed by atoms with Crippen LogP contribution in [-0.2, 0) is 14.6 Å². The molecular formula is C17H14F2N2O4S. The van der Waals surface area contributed by atoms with E-state index in [1.165, 1.54) is 25.1 Å². The Kier molecular flexibility index (Phi) is 4.27. The zero-order chi connectivity index (χ0) is 19.2. The second kappa shape index (κ2) is 6.17. The molecule has 136 valence electrons. The lowest BCUT2D eigenvalue weighted by Gasteiger charge is -2.34. The van der Waals surface area contributed by atoms with Crippen molar-refractivity contribution >= 4 is 33.0 Å². The van der Waals surface area contributed by atoms with Crippen LogP contribution in [0.25, 0.3) is 0 Å². The number of fused-ring (bicyclic) bond motifs is 1. The summed E-state index contributed by atoms with van der Waals surface area (Å²) in [7, 11) is -3.55. The Morgan fingerprint density at radius 1 is 1.15 bits per heavy atom. The fourth-order valence-corrected chi connectivity index (χ4v) is 3.37. The first-order valence-electron chi connectivity index (χ1n) is 7.54. The average Bonchev–Trinajstić information content (AvgIpc) is 2.54. The molecule has 1 heterocycles. The van der Waals surface area contributed by atoms with Gasteiger partial charge in [-0.15, -0.1) is 0 Å². The quantitative estimate of drug-likeness (QED) is 0.867. The van der Waals surface area contributed by atoms with Crippen LogP contribution in [0.5, 0.6) is 0 Å². The first-order valence-corrected chi connectivity index (χ1v) is 9.43. The highest BCUT2D eigenvalue weighted by Gasteiger charge is 2.36. The van der Waals surface area contributed by atoms with Crippen molar-refractivity contribution in [2.45, 2.75) is 17.9 Å². The van der Waals surface area contributed by atoms with Gasteiger partial charge in [-0.25, -0.2) is 17.2 Å². The number of hydrogen-bond acceptors (Lipinski definition) is 4. The molecule has 9 heteroatoms. The molecular weight excluding hydrogens is 366 g/mol. The Balaban J connectivity index is 2.17. The highest BCUT2D eigenvalue weighted by molar-refractivity contribution is 7.90. The van der Waals surface area contributed by atoms with Gasteiger partial charge in [-0.3, -0.25) is 14.5 Å². The number of hydrogen-bond donors (Lipinski definition) is 1. The average molecular weight is 380 g/mol. The lowest BCUT2D eigenvalue weighted by atomic mass is 10.1. The van der Waals surface area contributed by atoms with Gasteiger partial charge in [0.15, 0.2) is 9.84 Å². The number of rotatable bonds is 2. The molecule has 0 aliphatic carbocycles. The predicted octanol–water partition coefficient (Wildman–Crippen LogP) is 2.36. The largest absolute Gasteiger partial charge is 0.322 e. The summed E-state index contributed by atoms with van der Waals surface area (Å²) >= 11 is 0. The lowest BCUT2D eigenvalue weighted by Crippen LogP contribution is -2.49. The van der Waals surface area contributed by atoms with Crippen LogP contribution in [0.15, 0.2) is 41.3 Å². The maximum atomic E-state index is 14.0. The normalized spacial score (nSPS) is 16.8. The number of carbonyl (C=O) groups excluding carboxylic acids is 2. The van der Waals surface area contributed by atoms with Crippen molar-refractivity contribution in [3.05, 3.63) is 53.6 Å². The van der Waals surface area contributed by atoms with Crippen molar-refractivity contribution in [2.75, 3.05) is 16.5 Å². The van der Waals surface area contributed by atoms with Crippen LogP contribution in [0.3, 0.4) is 0 Å². The molecule has 0 saturated carbocycles. The zero-order valence-corrected chi connectivity index (χ0v) is 14.6. The van der Waals surface area contributed by atoms with Crippen molar-refractivity contribution < 1.29 is 26.8 Å². The van der Waals surface area contributed by atoms with E-state index in [0.717, 1.165) is 29.4 Å². The summed E-state index contributed by atoms with van der Waals surface area (Å²) in [4.78, 5) is 25.9. The van der Waals surface area contributed by atoms with Crippen LogP contribution in [0.2, 0.25) is 0 Å². The van der Waals surface area contributed by atoms with E-state index in [1.807, 2.05) is 0 Å². The smallest absolute Gasteiger partial charge is 0.265 e. The Bertz CT molecular complexity index is 1020. The molecule has 26 heavy (non-hydrogen) atoms. The first-order chi connectivity index (χ1) is 12.1. The van der Waals surface area contributed by atoms with Crippen LogP contribution >= 0.6 is 0 Å². The molecule has 2 amide bonds. The number of benzene rings is 2. The van der Waals surface area contributed by atoms with Crippen LogP contribution in [-0.4, -0.2) is 32.5 Å². The molecule has 0 bridgehead atoms. The highest BCUT2D eigenvalue weighted by atomic mass is 32.2. The second-order valence-corrected chi connectivity index (χ2v) is 7.90. The van der Waals surface area contributed by atoms with Crippen LogP contribution in [0.4, 0.5) is 20.2 Å². The fraction of sp³-hybridized carbons (Fsp3) is 0.176. The Morgan fingerprint density at radius 2 is 1.77 bits per heavy atom. The van der Waals surface area contributed by atoms with Crippen molar-refractivity contribution in [2.24, 2.45) is 0 Å². The predicted molar refractivity (Wildman–Crippen MR) is 90.8 cm³/mol. The fourth-order valence-electron chi connectivity index (χ4n) is 2.73. The van der Waals surface area contributed by atoms with Crippen molar-refractivity contribution in [1.82, 2.24) is 0 Å². The summed E-state index contributed by atoms with van der Waals surface area (Å²) in [6.07, 6.45) is 1.000. The standard InChI is InChI=1S/C17H14F2N2O4S/c1-9-16(22)20-13-8-10(26(2,24)25)6-7-14(13)21(9)17(23)15-11(18)4-3-5-12(15)19/h3-9H,1-2H3,(H,20,22). The van der Waals surface area contributed by atoms with E-state index in [9.17, 15) is 26.8 Å². The van der Waals surface area contributed by atoms with E-state index in [0.29, 0.717) is 0 Å². The SMILES string of the molecule is CC1C(=O)Nc2cc(S(C)(=O)=O)ccc2N1C(=O)c1c(F)cccc1F. The number of halogens is 2. The van der Waals surface area contributed by atoms with Gasteiger partial charge in [-0.1, -0.05) is 6.07 Å². The molecule has 0 radical (unpaired) electrons. The van der Waals surface area contributed by atoms with E-state index in [2.05, 4.69) is 5.32 Å². The lowest BCUT2D eigenvalue weighted by molar-refractivity contribution is -0.117. The molecule has 1 unspecified atom stereocenters. The molecule has 1 aliphatic rings. The maximum Gasteiger partial charge on any atom is 0.265 e. The molecule has 2 aromatic carbocycles. The van der Waals surface area contributed by atoms with E-state index in [-0.39, 0.29) is 16.3 Å². The third kappa shape index (κ3) is 2.94. The van der Waals surface area contributed by atoms with Gasteiger partial charge in [0.1, 0.15) is 23.2 Å². The zero-order valence-electron chi connectivity index (χ0n) is 13.8. The van der Waals surface area contributed by atoms with Crippen LogP contribution in [0.1, 0.15) is 17.3 Å². The summed E-state index contributed by atoms with van der Waals surface area (Å²) in [6.45, 7) is 1.40. The molecule has 0 fully saturated rings. The van der Waals surface area contributed by atoms with E-state index in [1.54, 1.807) is 0 Å². The molecule has 0 spiro atoms. The van der Waals surface area contributed by atoms with Gasteiger partial charge in [0.2, 0.25) is 5.91 Å². The Morgan fingerprint density at radius 3 is 2.35 bits per heavy atom. The molecule has 3 rings (SSSR count). The summed E-state index contributed by atoms with van der Waals surface area (Å²) in [6, 6.07) is 5.75. The van der Waals surface area contributed by atoms with Crippen molar-refractivity contribution in [1.29, 1.82) is 0 Å².